The van der Waals surface area contributed by atoms with Crippen LogP contribution < -0.4 is 0 Å². The van der Waals surface area contributed by atoms with E-state index in [4.69, 9.17) is 29.0 Å². The van der Waals surface area contributed by atoms with Crippen LogP contribution in [0.1, 0.15) is 44.3 Å². The van der Waals surface area contributed by atoms with E-state index in [1.165, 1.54) is 0 Å². The predicted molar refractivity (Wildman–Crippen MR) is 155 cm³/mol. The van der Waals surface area contributed by atoms with E-state index in [1.54, 1.807) is 61.5 Å². The first-order valence-electron chi connectivity index (χ1n) is 13.6. The van der Waals surface area contributed by atoms with Crippen LogP contribution >= 0.6 is 0 Å². The average molecular weight is 582 g/mol. The topological polar surface area (TPSA) is 140 Å². The number of ether oxygens (including phenoxy) is 4. The summed E-state index contributed by atoms with van der Waals surface area (Å²) >= 11 is 0. The summed E-state index contributed by atoms with van der Waals surface area (Å²) in [5.74, 6) is -1.26. The summed E-state index contributed by atoms with van der Waals surface area (Å²) < 4.78 is 24.2. The summed E-state index contributed by atoms with van der Waals surface area (Å²) in [6.45, 7) is 4.78. The first kappa shape index (κ1) is 30.9. The van der Waals surface area contributed by atoms with E-state index >= 15 is 0 Å². The fourth-order valence-electron chi connectivity index (χ4n) is 4.59. The summed E-state index contributed by atoms with van der Waals surface area (Å²) in [5, 5.41) is 22.7. The molecule has 1 aliphatic heterocycles. The highest BCUT2D eigenvalue weighted by atomic mass is 16.7. The largest absolute Gasteiger partial charge is 0.459 e. The fourth-order valence-corrected chi connectivity index (χ4v) is 4.59. The Morgan fingerprint density at radius 3 is 2.09 bits per heavy atom. The predicted octanol–water partition coefficient (Wildman–Crippen LogP) is 4.85. The van der Waals surface area contributed by atoms with E-state index in [0.29, 0.717) is 11.1 Å². The summed E-state index contributed by atoms with van der Waals surface area (Å²) in [5.41, 5.74) is 1.65. The van der Waals surface area contributed by atoms with Crippen LogP contribution in [-0.2, 0) is 30.4 Å². The van der Waals surface area contributed by atoms with Crippen LogP contribution in [0.25, 0.3) is 0 Å². The quantitative estimate of drug-likeness (QED) is 0.134. The molecule has 0 aromatic heterocycles. The molecule has 0 saturated carbocycles. The number of oxime groups is 1. The second-order valence-corrected chi connectivity index (χ2v) is 10.2. The zero-order valence-corrected chi connectivity index (χ0v) is 24.1. The molecule has 10 heteroatoms. The van der Waals surface area contributed by atoms with Crippen LogP contribution in [0.2, 0.25) is 0 Å². The minimum Gasteiger partial charge on any atom is -0.459 e. The van der Waals surface area contributed by atoms with Gasteiger partial charge in [-0.2, -0.15) is 10.5 Å². The number of nitrogens with zero attached hydrogens (tertiary/aromatic N) is 3. The number of nitriles is 2. The summed E-state index contributed by atoms with van der Waals surface area (Å²) in [4.78, 5) is 31.2. The molecule has 0 amide bonds. The van der Waals surface area contributed by atoms with Gasteiger partial charge in [-0.05, 0) is 50.6 Å². The van der Waals surface area contributed by atoms with Crippen LogP contribution in [-0.4, -0.2) is 54.8 Å². The maximum absolute atomic E-state index is 13.4. The second kappa shape index (κ2) is 14.2. The van der Waals surface area contributed by atoms with Crippen LogP contribution in [0.5, 0.6) is 0 Å². The number of hydrogen-bond donors (Lipinski definition) is 0. The van der Waals surface area contributed by atoms with E-state index in [9.17, 15) is 14.9 Å². The number of rotatable bonds is 11. The molecule has 4 rings (SSSR count). The lowest BCUT2D eigenvalue weighted by molar-refractivity contribution is -0.115. The smallest absolute Gasteiger partial charge is 0.338 e. The standard InChI is InChI=1S/C33H31N3O7/c1-22-9-13-25(14-10-22)31(37)39-21-28-30(43-32(38)26-15-11-23(2)12-16-26)33(3,40-20-24-7-5-4-6-8-24)29(42-28)27(19-35)36-41-18-17-34/h4-16,28-30H,18,20-21H2,1-3H3/t28?,29-,30+,33-/m0/s1. The Morgan fingerprint density at radius 1 is 0.907 bits per heavy atom. The summed E-state index contributed by atoms with van der Waals surface area (Å²) in [6.07, 6.45) is -3.42. The van der Waals surface area contributed by atoms with Crippen molar-refractivity contribution < 1.29 is 33.4 Å². The third-order valence-electron chi connectivity index (χ3n) is 6.97. The number of carbonyl (C=O) groups excluding carboxylic acids is 2. The monoisotopic (exact) mass is 581 g/mol. The van der Waals surface area contributed by atoms with E-state index in [2.05, 4.69) is 5.16 Å². The highest BCUT2D eigenvalue weighted by Gasteiger charge is 2.59. The second-order valence-electron chi connectivity index (χ2n) is 10.2. The van der Waals surface area contributed by atoms with Crippen molar-refractivity contribution in [2.24, 2.45) is 5.16 Å². The Morgan fingerprint density at radius 2 is 1.51 bits per heavy atom. The minimum absolute atomic E-state index is 0.0728. The van der Waals surface area contributed by atoms with Gasteiger partial charge in [-0.15, -0.1) is 0 Å². The molecule has 1 aliphatic rings. The zero-order chi connectivity index (χ0) is 30.8. The molecule has 1 fully saturated rings. The van der Waals surface area contributed by atoms with Gasteiger partial charge in [-0.1, -0.05) is 70.9 Å². The lowest BCUT2D eigenvalue weighted by atomic mass is 9.89. The van der Waals surface area contributed by atoms with Crippen molar-refractivity contribution in [3.05, 3.63) is 107 Å². The van der Waals surface area contributed by atoms with Gasteiger partial charge in [0.15, 0.2) is 11.8 Å². The first-order valence-corrected chi connectivity index (χ1v) is 13.6. The highest BCUT2D eigenvalue weighted by Crippen LogP contribution is 2.39. The molecule has 0 bridgehead atoms. The van der Waals surface area contributed by atoms with Crippen LogP contribution in [0.4, 0.5) is 0 Å². The molecule has 0 radical (unpaired) electrons. The average Bonchev–Trinajstić information content (AvgIpc) is 3.29. The molecule has 10 nitrogen and oxygen atoms in total. The Labute approximate surface area is 250 Å². The molecule has 1 heterocycles. The Hall–Kier alpha value is -5.03. The van der Waals surface area contributed by atoms with Gasteiger partial charge in [0, 0.05) is 0 Å². The summed E-state index contributed by atoms with van der Waals surface area (Å²) in [7, 11) is 0. The highest BCUT2D eigenvalue weighted by molar-refractivity contribution is 6.03. The van der Waals surface area contributed by atoms with E-state index < -0.39 is 42.5 Å². The van der Waals surface area contributed by atoms with Crippen LogP contribution in [0.3, 0.4) is 0 Å². The molecule has 0 N–H and O–H groups in total. The van der Waals surface area contributed by atoms with Crippen molar-refractivity contribution in [3.8, 4) is 12.1 Å². The third kappa shape index (κ3) is 7.63. The minimum atomic E-state index is -1.50. The van der Waals surface area contributed by atoms with Gasteiger partial charge in [0.2, 0.25) is 6.61 Å². The number of hydrogen-bond acceptors (Lipinski definition) is 10. The molecule has 3 aromatic carbocycles. The van der Waals surface area contributed by atoms with Crippen molar-refractivity contribution in [2.45, 2.75) is 51.3 Å². The number of carbonyl (C=O) groups is 2. The van der Waals surface area contributed by atoms with Gasteiger partial charge >= 0.3 is 11.9 Å². The molecule has 3 aromatic rings. The van der Waals surface area contributed by atoms with Crippen LogP contribution in [0, 0.1) is 36.5 Å². The van der Waals surface area contributed by atoms with E-state index in [1.807, 2.05) is 50.2 Å². The maximum Gasteiger partial charge on any atom is 0.338 e. The molecular formula is C33H31N3O7. The van der Waals surface area contributed by atoms with Crippen molar-refractivity contribution >= 4 is 17.7 Å². The molecule has 220 valence electrons. The SMILES string of the molecule is Cc1ccc(C(=O)OCC2O[C@@H](C(C#N)=NOCC#N)[C@](C)(OCc3ccccc3)[C@@H]2OC(=O)c2ccc(C)cc2)cc1. The molecular weight excluding hydrogens is 550 g/mol. The maximum atomic E-state index is 13.4. The van der Waals surface area contributed by atoms with Gasteiger partial charge in [-0.3, -0.25) is 0 Å². The number of aryl methyl sites for hydroxylation is 2. The Bertz CT molecular complexity index is 1530. The molecule has 0 spiro atoms. The Balaban J connectivity index is 1.69. The molecule has 1 saturated heterocycles. The van der Waals surface area contributed by atoms with Crippen molar-refractivity contribution in [2.75, 3.05) is 13.2 Å². The third-order valence-corrected chi connectivity index (χ3v) is 6.97. The van der Waals surface area contributed by atoms with Crippen molar-refractivity contribution in [1.82, 2.24) is 0 Å². The molecule has 0 aliphatic carbocycles. The van der Waals surface area contributed by atoms with Crippen LogP contribution in [0.15, 0.2) is 84.0 Å². The number of benzene rings is 3. The zero-order valence-electron chi connectivity index (χ0n) is 24.1. The Kier molecular flexibility index (Phi) is 10.2. The molecule has 1 unspecified atom stereocenters. The van der Waals surface area contributed by atoms with Gasteiger partial charge in [0.25, 0.3) is 0 Å². The van der Waals surface area contributed by atoms with E-state index in [0.717, 1.165) is 16.7 Å². The molecule has 43 heavy (non-hydrogen) atoms. The lowest BCUT2D eigenvalue weighted by Gasteiger charge is -2.34. The number of esters is 2. The lowest BCUT2D eigenvalue weighted by Crippen LogP contribution is -2.52. The van der Waals surface area contributed by atoms with Gasteiger partial charge in [-0.25, -0.2) is 9.59 Å². The van der Waals surface area contributed by atoms with Gasteiger partial charge < -0.3 is 23.8 Å². The summed E-state index contributed by atoms with van der Waals surface area (Å²) in [6, 6.07) is 26.7. The van der Waals surface area contributed by atoms with E-state index in [-0.39, 0.29) is 18.9 Å². The van der Waals surface area contributed by atoms with Gasteiger partial charge in [0.1, 0.15) is 36.6 Å². The van der Waals surface area contributed by atoms with Gasteiger partial charge in [0.05, 0.1) is 17.7 Å². The van der Waals surface area contributed by atoms with Crippen molar-refractivity contribution in [3.63, 3.8) is 0 Å². The van der Waals surface area contributed by atoms with Crippen molar-refractivity contribution in [1.29, 1.82) is 10.5 Å². The first-order chi connectivity index (χ1) is 20.7. The normalized spacial score (nSPS) is 21.3. The molecule has 4 atom stereocenters. The fraction of sp³-hybridized carbons (Fsp3) is 0.303.